The quantitative estimate of drug-likeness (QED) is 0.0480. The van der Waals surface area contributed by atoms with Gasteiger partial charge in [0.1, 0.15) is 13.1 Å². The van der Waals surface area contributed by atoms with Gasteiger partial charge in [-0.25, -0.2) is 9.59 Å². The zero-order chi connectivity index (χ0) is 61.7. The number of ether oxygens (including phenoxy) is 2. The second-order valence-corrected chi connectivity index (χ2v) is 27.1. The van der Waals surface area contributed by atoms with Crippen molar-refractivity contribution in [3.8, 4) is 0 Å². The van der Waals surface area contributed by atoms with Gasteiger partial charge in [-0.15, -0.1) is 0 Å². The van der Waals surface area contributed by atoms with E-state index in [1.807, 2.05) is 93.0 Å². The molecular weight excluding hydrogens is 1080 g/mol. The first-order valence-corrected chi connectivity index (χ1v) is 33.1. The van der Waals surface area contributed by atoms with E-state index < -0.39 is 0 Å². The lowest BCUT2D eigenvalue weighted by Crippen LogP contribution is -2.46. The largest absolute Gasteiger partial charge is 0.455 e. The molecule has 6 aliphatic rings. The van der Waals surface area contributed by atoms with Crippen LogP contribution in [0, 0.1) is 0 Å². The third kappa shape index (κ3) is 22.6. The van der Waals surface area contributed by atoms with Crippen molar-refractivity contribution in [3.63, 3.8) is 0 Å². The van der Waals surface area contributed by atoms with Gasteiger partial charge in [-0.1, -0.05) is 109 Å². The molecule has 2 amide bonds. The van der Waals surface area contributed by atoms with Crippen LogP contribution in [0.4, 0.5) is 5.88 Å². The zero-order valence-electron chi connectivity index (χ0n) is 54.4. The number of Topliss-reactive ketones (excluding diaryl/α,β-unsaturated/α-hetero) is 1. The molecule has 0 atom stereocenters. The smallest absolute Gasteiger partial charge is 0.381 e. The first kappa shape index (κ1) is 68.6. The summed E-state index contributed by atoms with van der Waals surface area (Å²) >= 11 is 0. The van der Waals surface area contributed by atoms with Crippen molar-refractivity contribution in [2.24, 2.45) is 0 Å². The molecule has 0 radical (unpaired) electrons. The minimum atomic E-state index is 0.113. The van der Waals surface area contributed by atoms with Crippen LogP contribution in [-0.4, -0.2) is 194 Å². The van der Waals surface area contributed by atoms with Crippen molar-refractivity contribution in [1.82, 2.24) is 4.48 Å². The van der Waals surface area contributed by atoms with Gasteiger partial charge in [-0.05, 0) is 54.3 Å². The van der Waals surface area contributed by atoms with E-state index in [1.165, 1.54) is 143 Å². The fraction of sp³-hybridized carbons (Fsp3) is 0.527. The highest BCUT2D eigenvalue weighted by atomic mass is 16.5. The van der Waals surface area contributed by atoms with Crippen molar-refractivity contribution >= 4 is 23.5 Å². The summed E-state index contributed by atoms with van der Waals surface area (Å²) in [6, 6.07) is 47.6. The standard InChI is InChI=1S/C16H26NO.C14H22NO.C13H18NO.C12H16NO.C10H14NO2.C9H14NO/c1-17(11-5-6-12-17)13-7-8-14-18-15-16-9-3-2-4-10-16;1-15(9-5-6-10-15)11-12-16-13-14-7-3-2-4-8-14;1-14(9-5-6-10-14)11-13(15)12-7-3-2-4-8-12;1-13(9-5-6-10-13)12(14)11-7-3-2-4-8-11;1-11(6-2-3-7-11)10(12)9-5-4-8-13-9;1-10(6-2-3-7-10)9-5-4-8-11-9/h2-4,9-10H,5-8,11-15H2,1H3;2-4,7-8H,5-6,9-13H2,1H3;2-4,7-8H,5-6,9-11H2,1H3;2-4,7-8H,5-6,9-10H2,1H3;4-5,8H,2-3,6-7H2,1H3;4-5,8H,2-3,6-7H2,1H3/q6*+1. The Bertz CT molecular complexity index is 2830. The highest BCUT2D eigenvalue weighted by molar-refractivity contribution is 5.97. The molecule has 12 rings (SSSR count). The number of carbonyl (C=O) groups is 3. The number of hydrogen-bond acceptors (Lipinski definition) is 7. The van der Waals surface area contributed by atoms with Gasteiger partial charge in [0.05, 0.1) is 165 Å². The van der Waals surface area contributed by atoms with Gasteiger partial charge in [-0.2, -0.15) is 0 Å². The van der Waals surface area contributed by atoms with Crippen molar-refractivity contribution in [2.75, 3.05) is 154 Å². The summed E-state index contributed by atoms with van der Waals surface area (Å²) in [7, 11) is 13.2. The van der Waals surface area contributed by atoms with Crippen LogP contribution in [0.2, 0.25) is 0 Å². The van der Waals surface area contributed by atoms with Crippen molar-refractivity contribution in [3.05, 3.63) is 186 Å². The number of furan rings is 2. The van der Waals surface area contributed by atoms with E-state index in [4.69, 9.17) is 18.3 Å². The molecule has 0 aliphatic carbocycles. The summed E-state index contributed by atoms with van der Waals surface area (Å²) in [5.74, 6) is 2.26. The summed E-state index contributed by atoms with van der Waals surface area (Å²) in [5, 5.41) is 0. The Labute approximate surface area is 523 Å². The van der Waals surface area contributed by atoms with Gasteiger partial charge in [-0.3, -0.25) is 18.2 Å². The Hall–Kier alpha value is -5.87. The number of carbonyl (C=O) groups excluding carboxylic acids is 3. The number of hydrogen-bond donors (Lipinski definition) is 0. The van der Waals surface area contributed by atoms with Gasteiger partial charge in [0, 0.05) is 95.3 Å². The van der Waals surface area contributed by atoms with E-state index in [9.17, 15) is 14.4 Å². The first-order chi connectivity index (χ1) is 42.0. The number of unbranched alkanes of at least 4 members (excludes halogenated alkanes) is 1. The third-order valence-corrected chi connectivity index (χ3v) is 19.2. The molecule has 6 aliphatic heterocycles. The van der Waals surface area contributed by atoms with Gasteiger partial charge < -0.3 is 31.8 Å². The Morgan fingerprint density at radius 1 is 0.379 bits per heavy atom. The topological polar surface area (TPSA) is 96.0 Å². The van der Waals surface area contributed by atoms with Gasteiger partial charge in [0.15, 0.2) is 0 Å². The summed E-state index contributed by atoms with van der Waals surface area (Å²) in [4.78, 5) is 36.0. The molecule has 472 valence electrons. The number of likely N-dealkylation sites (tertiary alicyclic amines) is 6. The summed E-state index contributed by atoms with van der Waals surface area (Å²) in [6.07, 6.45) is 21.2. The number of ketones is 1. The predicted molar refractivity (Wildman–Crippen MR) is 352 cm³/mol. The lowest BCUT2D eigenvalue weighted by atomic mass is 10.1. The minimum absolute atomic E-state index is 0.113. The number of nitrogens with zero attached hydrogens (tertiary/aromatic N) is 6. The van der Waals surface area contributed by atoms with Crippen LogP contribution in [-0.2, 0) is 22.7 Å². The maximum Gasteiger partial charge on any atom is 0.381 e. The van der Waals surface area contributed by atoms with E-state index in [1.54, 1.807) is 24.7 Å². The van der Waals surface area contributed by atoms with Crippen LogP contribution in [0.1, 0.15) is 132 Å². The number of quaternary nitrogens is 6. The Morgan fingerprint density at radius 3 is 1.25 bits per heavy atom. The predicted octanol–water partition coefficient (Wildman–Crippen LogP) is 13.5. The molecule has 13 nitrogen and oxygen atoms in total. The van der Waals surface area contributed by atoms with E-state index in [0.717, 1.165) is 111 Å². The molecular formula is C74H110N6O7+6. The highest BCUT2D eigenvalue weighted by Gasteiger charge is 2.39. The van der Waals surface area contributed by atoms with E-state index >= 15 is 0 Å². The molecule has 6 saturated heterocycles. The molecule has 6 fully saturated rings. The molecule has 0 saturated carbocycles. The molecule has 87 heavy (non-hydrogen) atoms. The second-order valence-electron chi connectivity index (χ2n) is 27.1. The number of likely N-dealkylation sites (N-methyl/N-ethyl adjacent to an activating group) is 2. The minimum Gasteiger partial charge on any atom is -0.455 e. The molecule has 0 bridgehead atoms. The van der Waals surface area contributed by atoms with Crippen LogP contribution in [0.25, 0.3) is 0 Å². The van der Waals surface area contributed by atoms with Crippen LogP contribution in [0.15, 0.2) is 167 Å². The molecule has 2 aromatic heterocycles. The van der Waals surface area contributed by atoms with E-state index in [0.29, 0.717) is 21.3 Å². The van der Waals surface area contributed by atoms with Crippen molar-refractivity contribution in [2.45, 2.75) is 103 Å². The number of benzene rings is 4. The maximum absolute atomic E-state index is 12.1. The summed E-state index contributed by atoms with van der Waals surface area (Å²) in [5.41, 5.74) is 4.24. The van der Waals surface area contributed by atoms with Crippen LogP contribution >= 0.6 is 0 Å². The SMILES string of the molecule is C[N+]1(C(=O)c2ccccc2)CCCC1.C[N+]1(C(=O)c2ccco2)CCCC1.C[N+]1(CC(=O)c2ccccc2)CCCC1.C[N+]1(CCCCOCc2ccccc2)CCCC1.C[N+]1(CCOCc2ccccc2)CCCC1.C[N+]1(c2ccco2)CCCC1. The molecule has 0 unspecified atom stereocenters. The average molecular weight is 1200 g/mol. The van der Waals surface area contributed by atoms with Gasteiger partial charge >= 0.3 is 11.8 Å². The first-order valence-electron chi connectivity index (χ1n) is 33.1. The van der Waals surface area contributed by atoms with E-state index in [-0.39, 0.29) is 17.6 Å². The molecule has 0 N–H and O–H groups in total. The summed E-state index contributed by atoms with van der Waals surface area (Å²) < 4.78 is 27.4. The normalized spacial score (nSPS) is 19.5. The Balaban J connectivity index is 0.000000150. The van der Waals surface area contributed by atoms with Crippen LogP contribution in [0.3, 0.4) is 0 Å². The van der Waals surface area contributed by atoms with Crippen LogP contribution in [0.5, 0.6) is 0 Å². The monoisotopic (exact) mass is 1190 g/mol. The zero-order valence-corrected chi connectivity index (χ0v) is 54.4. The maximum atomic E-state index is 12.1. The Morgan fingerprint density at radius 2 is 0.782 bits per heavy atom. The van der Waals surface area contributed by atoms with E-state index in [2.05, 4.69) is 82.8 Å². The van der Waals surface area contributed by atoms with Gasteiger partial charge in [0.25, 0.3) is 5.88 Å². The van der Waals surface area contributed by atoms with Gasteiger partial charge in [0.2, 0.25) is 11.5 Å². The molecule has 4 aromatic carbocycles. The van der Waals surface area contributed by atoms with Crippen molar-refractivity contribution < 1.29 is 55.1 Å². The molecule has 0 spiro atoms. The number of amides is 2. The average Bonchev–Trinajstić information content (AvgIpc) is 4.62. The molecule has 8 heterocycles. The summed E-state index contributed by atoms with van der Waals surface area (Å²) in [6.45, 7) is 20.5. The fourth-order valence-corrected chi connectivity index (χ4v) is 13.3. The second kappa shape index (κ2) is 34.8. The highest BCUT2D eigenvalue weighted by Crippen LogP contribution is 2.28. The molecule has 13 heteroatoms. The van der Waals surface area contributed by atoms with Crippen molar-refractivity contribution in [1.29, 1.82) is 0 Å². The number of rotatable bonds is 18. The fourth-order valence-electron chi connectivity index (χ4n) is 13.3. The molecule has 6 aromatic rings. The third-order valence-electron chi connectivity index (χ3n) is 19.2. The lowest BCUT2D eigenvalue weighted by molar-refractivity contribution is -0.898. The van der Waals surface area contributed by atoms with Crippen LogP contribution < -0.4 is 4.48 Å². The Kier molecular flexibility index (Phi) is 27.4. The lowest BCUT2D eigenvalue weighted by Gasteiger charge is -2.29.